The van der Waals surface area contributed by atoms with Gasteiger partial charge in [0.15, 0.2) is 0 Å². The summed E-state index contributed by atoms with van der Waals surface area (Å²) in [5.41, 5.74) is -0.583. The molecule has 1 aliphatic carbocycles. The van der Waals surface area contributed by atoms with E-state index in [1.807, 2.05) is 12.1 Å². The SMILES string of the molecule is CCN(Cc1ccco1)CC1(C(=O)O)CCCC(C)C1. The number of carboxylic acids is 1. The summed E-state index contributed by atoms with van der Waals surface area (Å²) in [4.78, 5) is 14.0. The Labute approximate surface area is 120 Å². The molecule has 2 rings (SSSR count). The van der Waals surface area contributed by atoms with Crippen LogP contribution in [0.4, 0.5) is 0 Å². The first kappa shape index (κ1) is 15.1. The molecule has 2 unspecified atom stereocenters. The fourth-order valence-corrected chi connectivity index (χ4v) is 3.40. The molecule has 112 valence electrons. The lowest BCUT2D eigenvalue weighted by Gasteiger charge is -2.39. The van der Waals surface area contributed by atoms with Crippen molar-refractivity contribution in [3.63, 3.8) is 0 Å². The van der Waals surface area contributed by atoms with E-state index < -0.39 is 11.4 Å². The van der Waals surface area contributed by atoms with Crippen molar-refractivity contribution in [3.8, 4) is 0 Å². The zero-order chi connectivity index (χ0) is 14.6. The molecule has 4 heteroatoms. The number of carbonyl (C=O) groups is 1. The predicted molar refractivity (Wildman–Crippen MR) is 77.4 cm³/mol. The van der Waals surface area contributed by atoms with Crippen LogP contribution in [0.25, 0.3) is 0 Å². The van der Waals surface area contributed by atoms with Crippen molar-refractivity contribution in [1.82, 2.24) is 4.90 Å². The Kier molecular flexibility index (Phi) is 4.86. The van der Waals surface area contributed by atoms with E-state index in [-0.39, 0.29) is 0 Å². The second kappa shape index (κ2) is 6.44. The Hall–Kier alpha value is -1.29. The molecule has 1 aromatic heterocycles. The Morgan fingerprint density at radius 2 is 2.40 bits per heavy atom. The lowest BCUT2D eigenvalue weighted by Crippen LogP contribution is -2.45. The highest BCUT2D eigenvalue weighted by Crippen LogP contribution is 2.40. The van der Waals surface area contributed by atoms with E-state index in [4.69, 9.17) is 4.42 Å². The van der Waals surface area contributed by atoms with Crippen molar-refractivity contribution < 1.29 is 14.3 Å². The van der Waals surface area contributed by atoms with Gasteiger partial charge in [0.2, 0.25) is 0 Å². The maximum atomic E-state index is 11.8. The molecule has 0 spiro atoms. The Morgan fingerprint density at radius 3 is 2.95 bits per heavy atom. The van der Waals surface area contributed by atoms with Crippen LogP contribution in [0, 0.1) is 11.3 Å². The maximum Gasteiger partial charge on any atom is 0.310 e. The fourth-order valence-electron chi connectivity index (χ4n) is 3.40. The zero-order valence-corrected chi connectivity index (χ0v) is 12.5. The standard InChI is InChI=1S/C16H25NO3/c1-3-17(11-14-7-5-9-20-14)12-16(15(18)19)8-4-6-13(2)10-16/h5,7,9,13H,3-4,6,8,10-12H2,1-2H3,(H,18,19). The molecule has 0 aromatic carbocycles. The number of hydrogen-bond donors (Lipinski definition) is 1. The summed E-state index contributed by atoms with van der Waals surface area (Å²) < 4.78 is 5.38. The number of rotatable bonds is 6. The second-order valence-electron chi connectivity index (χ2n) is 6.17. The molecule has 1 aliphatic rings. The Bertz CT molecular complexity index is 429. The van der Waals surface area contributed by atoms with Crippen molar-refractivity contribution in [2.75, 3.05) is 13.1 Å². The van der Waals surface area contributed by atoms with Crippen LogP contribution in [-0.4, -0.2) is 29.1 Å². The fraction of sp³-hybridized carbons (Fsp3) is 0.688. The van der Waals surface area contributed by atoms with Crippen LogP contribution < -0.4 is 0 Å². The van der Waals surface area contributed by atoms with Gasteiger partial charge in [0.05, 0.1) is 18.2 Å². The van der Waals surface area contributed by atoms with Crippen LogP contribution in [0.1, 0.15) is 45.3 Å². The highest BCUT2D eigenvalue weighted by molar-refractivity contribution is 5.75. The molecule has 0 amide bonds. The Balaban J connectivity index is 2.07. The van der Waals surface area contributed by atoms with Crippen LogP contribution in [0.2, 0.25) is 0 Å². The summed E-state index contributed by atoms with van der Waals surface area (Å²) in [6.07, 6.45) is 5.42. The molecule has 0 radical (unpaired) electrons. The monoisotopic (exact) mass is 279 g/mol. The van der Waals surface area contributed by atoms with Gasteiger partial charge in [-0.15, -0.1) is 0 Å². The number of aliphatic carboxylic acids is 1. The molecule has 2 atom stereocenters. The van der Waals surface area contributed by atoms with Crippen molar-refractivity contribution >= 4 is 5.97 Å². The van der Waals surface area contributed by atoms with E-state index in [1.54, 1.807) is 6.26 Å². The van der Waals surface area contributed by atoms with Gasteiger partial charge in [-0.25, -0.2) is 0 Å². The largest absolute Gasteiger partial charge is 0.481 e. The summed E-state index contributed by atoms with van der Waals surface area (Å²) in [7, 11) is 0. The van der Waals surface area contributed by atoms with Crippen LogP contribution in [0.5, 0.6) is 0 Å². The molecule has 0 aliphatic heterocycles. The summed E-state index contributed by atoms with van der Waals surface area (Å²) in [6.45, 7) is 6.38. The highest BCUT2D eigenvalue weighted by atomic mass is 16.4. The molecule has 1 fully saturated rings. The van der Waals surface area contributed by atoms with Crippen LogP contribution in [-0.2, 0) is 11.3 Å². The maximum absolute atomic E-state index is 11.8. The van der Waals surface area contributed by atoms with E-state index in [1.165, 1.54) is 0 Å². The lowest BCUT2D eigenvalue weighted by atomic mass is 9.69. The smallest absolute Gasteiger partial charge is 0.310 e. The molecule has 0 saturated heterocycles. The molecule has 1 saturated carbocycles. The van der Waals surface area contributed by atoms with Crippen LogP contribution in [0.3, 0.4) is 0 Å². The second-order valence-corrected chi connectivity index (χ2v) is 6.17. The van der Waals surface area contributed by atoms with E-state index in [9.17, 15) is 9.90 Å². The molecule has 4 nitrogen and oxygen atoms in total. The van der Waals surface area contributed by atoms with Gasteiger partial charge in [-0.3, -0.25) is 9.69 Å². The summed E-state index contributed by atoms with van der Waals surface area (Å²) in [6, 6.07) is 3.82. The molecule has 1 heterocycles. The third-order valence-electron chi connectivity index (χ3n) is 4.48. The topological polar surface area (TPSA) is 53.7 Å². The third-order valence-corrected chi connectivity index (χ3v) is 4.48. The van der Waals surface area contributed by atoms with E-state index >= 15 is 0 Å². The quantitative estimate of drug-likeness (QED) is 0.867. The molecular formula is C16H25NO3. The van der Waals surface area contributed by atoms with E-state index in [0.29, 0.717) is 19.0 Å². The van der Waals surface area contributed by atoms with Gasteiger partial charge in [-0.2, -0.15) is 0 Å². The van der Waals surface area contributed by atoms with Gasteiger partial charge in [0, 0.05) is 6.54 Å². The van der Waals surface area contributed by atoms with E-state index in [2.05, 4.69) is 18.7 Å². The van der Waals surface area contributed by atoms with Crippen molar-refractivity contribution in [2.24, 2.45) is 11.3 Å². The molecule has 1 N–H and O–H groups in total. The summed E-state index contributed by atoms with van der Waals surface area (Å²) in [5.74, 6) is 0.764. The van der Waals surface area contributed by atoms with Crippen molar-refractivity contribution in [1.29, 1.82) is 0 Å². The molecule has 20 heavy (non-hydrogen) atoms. The van der Waals surface area contributed by atoms with Gasteiger partial charge >= 0.3 is 5.97 Å². The van der Waals surface area contributed by atoms with Gasteiger partial charge < -0.3 is 9.52 Å². The molecule has 1 aromatic rings. The Morgan fingerprint density at radius 1 is 1.60 bits per heavy atom. The zero-order valence-electron chi connectivity index (χ0n) is 12.5. The van der Waals surface area contributed by atoms with Crippen molar-refractivity contribution in [2.45, 2.75) is 46.1 Å². The molecule has 0 bridgehead atoms. The average Bonchev–Trinajstić information content (AvgIpc) is 2.90. The lowest BCUT2D eigenvalue weighted by molar-refractivity contribution is -0.153. The van der Waals surface area contributed by atoms with Gasteiger partial charge in [-0.05, 0) is 37.4 Å². The number of nitrogens with zero attached hydrogens (tertiary/aromatic N) is 1. The van der Waals surface area contributed by atoms with Crippen molar-refractivity contribution in [3.05, 3.63) is 24.2 Å². The predicted octanol–water partition coefficient (Wildman–Crippen LogP) is 3.38. The van der Waals surface area contributed by atoms with Crippen LogP contribution in [0.15, 0.2) is 22.8 Å². The normalized spacial score (nSPS) is 26.9. The van der Waals surface area contributed by atoms with Gasteiger partial charge in [-0.1, -0.05) is 26.7 Å². The summed E-state index contributed by atoms with van der Waals surface area (Å²) in [5, 5.41) is 9.73. The first-order valence-corrected chi connectivity index (χ1v) is 7.54. The highest BCUT2D eigenvalue weighted by Gasteiger charge is 2.42. The minimum absolute atomic E-state index is 0.502. The van der Waals surface area contributed by atoms with Gasteiger partial charge in [0.25, 0.3) is 0 Å². The minimum atomic E-state index is -0.637. The van der Waals surface area contributed by atoms with E-state index in [0.717, 1.165) is 38.0 Å². The first-order valence-electron chi connectivity index (χ1n) is 7.54. The molecular weight excluding hydrogens is 254 g/mol. The summed E-state index contributed by atoms with van der Waals surface area (Å²) >= 11 is 0. The number of hydrogen-bond acceptors (Lipinski definition) is 3. The third kappa shape index (κ3) is 3.42. The van der Waals surface area contributed by atoms with Crippen LogP contribution >= 0.6 is 0 Å². The number of furan rings is 1. The van der Waals surface area contributed by atoms with Gasteiger partial charge in [0.1, 0.15) is 5.76 Å². The first-order chi connectivity index (χ1) is 9.55. The minimum Gasteiger partial charge on any atom is -0.481 e. The number of carboxylic acid groups (broad SMARTS) is 1. The average molecular weight is 279 g/mol.